The lowest BCUT2D eigenvalue weighted by molar-refractivity contribution is -0.176. The summed E-state index contributed by atoms with van der Waals surface area (Å²) in [5.74, 6) is 2.55. The van der Waals surface area contributed by atoms with E-state index in [4.69, 9.17) is 0 Å². The monoisotopic (exact) mass is 328 g/mol. The van der Waals surface area contributed by atoms with E-state index >= 15 is 0 Å². The maximum atomic E-state index is 11.0. The van der Waals surface area contributed by atoms with Crippen molar-refractivity contribution in [2.45, 2.75) is 57.1 Å². The van der Waals surface area contributed by atoms with Crippen LogP contribution in [0.25, 0.3) is 11.4 Å². The predicted molar refractivity (Wildman–Crippen MR) is 92.3 cm³/mol. The molecule has 0 aromatic carbocycles. The maximum Gasteiger partial charge on any atom is 0.140 e. The molecule has 4 fully saturated rings. The second-order valence-electron chi connectivity index (χ2n) is 8.39. The molecule has 3 atom stereocenters. The van der Waals surface area contributed by atoms with Crippen LogP contribution in [0.5, 0.6) is 0 Å². The fraction of sp³-hybridized carbons (Fsp3) is 0.632. The summed E-state index contributed by atoms with van der Waals surface area (Å²) in [6, 6.07) is 2.56. The van der Waals surface area contributed by atoms with E-state index in [0.29, 0.717) is 6.04 Å². The van der Waals surface area contributed by atoms with Crippen LogP contribution in [-0.2, 0) is 0 Å². The average molecular weight is 328 g/mol. The largest absolute Gasteiger partial charge is 0.390 e. The average Bonchev–Trinajstić information content (AvgIpc) is 3.15. The Bertz CT molecular complexity index is 706. The van der Waals surface area contributed by atoms with Crippen LogP contribution >= 0.6 is 11.3 Å². The molecule has 0 unspecified atom stereocenters. The number of hydrogen-bond donors (Lipinski definition) is 1. The zero-order valence-electron chi connectivity index (χ0n) is 13.6. The van der Waals surface area contributed by atoms with Gasteiger partial charge in [0.2, 0.25) is 0 Å². The number of aromatic nitrogens is 2. The molecule has 0 radical (unpaired) electrons. The van der Waals surface area contributed by atoms with Crippen LogP contribution in [0, 0.1) is 17.3 Å². The van der Waals surface area contributed by atoms with Gasteiger partial charge >= 0.3 is 0 Å². The third-order valence-electron chi connectivity index (χ3n) is 6.83. The Morgan fingerprint density at radius 2 is 2.09 bits per heavy atom. The Balaban J connectivity index is 1.54. The Kier molecular flexibility index (Phi) is 2.91. The minimum Gasteiger partial charge on any atom is -0.390 e. The van der Waals surface area contributed by atoms with Crippen molar-refractivity contribution >= 4 is 11.3 Å². The lowest BCUT2D eigenvalue weighted by atomic mass is 9.46. The molecule has 4 aliphatic rings. The number of imidazole rings is 1. The van der Waals surface area contributed by atoms with Gasteiger partial charge in [-0.1, -0.05) is 0 Å². The van der Waals surface area contributed by atoms with E-state index in [2.05, 4.69) is 39.5 Å². The van der Waals surface area contributed by atoms with E-state index in [-0.39, 0.29) is 11.0 Å². The quantitative estimate of drug-likeness (QED) is 0.900. The fourth-order valence-electron chi connectivity index (χ4n) is 6.31. The minimum absolute atomic E-state index is 0.254. The first-order chi connectivity index (χ1) is 11.1. The molecule has 0 aliphatic heterocycles. The second kappa shape index (κ2) is 4.70. The molecular formula is C19H24N2OS. The molecule has 4 aliphatic carbocycles. The number of thiophene rings is 1. The van der Waals surface area contributed by atoms with Crippen LogP contribution in [0.3, 0.4) is 0 Å². The molecular weight excluding hydrogens is 304 g/mol. The summed E-state index contributed by atoms with van der Waals surface area (Å²) in [7, 11) is 0. The molecule has 122 valence electrons. The Hall–Kier alpha value is -1.13. The summed E-state index contributed by atoms with van der Waals surface area (Å²) in [5, 5.41) is 15.3. The first kappa shape index (κ1) is 14.2. The van der Waals surface area contributed by atoms with Crippen molar-refractivity contribution in [1.82, 2.24) is 9.55 Å². The summed E-state index contributed by atoms with van der Waals surface area (Å²) >= 11 is 1.72. The van der Waals surface area contributed by atoms with Gasteiger partial charge in [-0.05, 0) is 74.1 Å². The predicted octanol–water partition coefficient (Wildman–Crippen LogP) is 4.50. The van der Waals surface area contributed by atoms with Crippen molar-refractivity contribution in [2.75, 3.05) is 0 Å². The van der Waals surface area contributed by atoms with Crippen LogP contribution < -0.4 is 0 Å². The first-order valence-corrected chi connectivity index (χ1v) is 9.79. The molecule has 4 saturated carbocycles. The third kappa shape index (κ3) is 2.07. The van der Waals surface area contributed by atoms with Crippen molar-refractivity contribution in [3.8, 4) is 11.4 Å². The van der Waals surface area contributed by atoms with E-state index in [1.54, 1.807) is 11.3 Å². The van der Waals surface area contributed by atoms with E-state index < -0.39 is 0 Å². The minimum atomic E-state index is -0.387. The molecule has 1 N–H and O–H groups in total. The van der Waals surface area contributed by atoms with E-state index in [0.717, 1.165) is 36.9 Å². The van der Waals surface area contributed by atoms with E-state index in [1.807, 2.05) is 6.20 Å². The van der Waals surface area contributed by atoms with Crippen molar-refractivity contribution in [1.29, 1.82) is 0 Å². The van der Waals surface area contributed by atoms with Crippen LogP contribution in [0.15, 0.2) is 29.2 Å². The highest BCUT2D eigenvalue weighted by molar-refractivity contribution is 7.08. The van der Waals surface area contributed by atoms with Gasteiger partial charge in [-0.3, -0.25) is 0 Å². The Morgan fingerprint density at radius 1 is 1.30 bits per heavy atom. The molecule has 4 heteroatoms. The summed E-state index contributed by atoms with van der Waals surface area (Å²) in [6.07, 6.45) is 11.0. The van der Waals surface area contributed by atoms with Gasteiger partial charge in [0.15, 0.2) is 0 Å². The van der Waals surface area contributed by atoms with Gasteiger partial charge in [0, 0.05) is 29.4 Å². The van der Waals surface area contributed by atoms with E-state index in [9.17, 15) is 5.11 Å². The zero-order valence-corrected chi connectivity index (χ0v) is 14.4. The van der Waals surface area contributed by atoms with E-state index in [1.165, 1.54) is 24.8 Å². The van der Waals surface area contributed by atoms with Gasteiger partial charge < -0.3 is 9.67 Å². The lowest BCUT2D eigenvalue weighted by Crippen LogP contribution is -2.57. The molecule has 0 saturated heterocycles. The van der Waals surface area contributed by atoms with Crippen LogP contribution in [0.2, 0.25) is 0 Å². The molecule has 2 aromatic rings. The van der Waals surface area contributed by atoms with Crippen LogP contribution in [-0.4, -0.2) is 20.3 Å². The van der Waals surface area contributed by atoms with Crippen molar-refractivity contribution in [3.63, 3.8) is 0 Å². The number of hydrogen-bond acceptors (Lipinski definition) is 3. The van der Waals surface area contributed by atoms with Gasteiger partial charge in [-0.2, -0.15) is 11.3 Å². The van der Waals surface area contributed by atoms with Gasteiger partial charge in [-0.15, -0.1) is 0 Å². The Labute approximate surface area is 141 Å². The van der Waals surface area contributed by atoms with Crippen molar-refractivity contribution in [2.24, 2.45) is 17.3 Å². The summed E-state index contributed by atoms with van der Waals surface area (Å²) in [4.78, 5) is 4.63. The van der Waals surface area contributed by atoms with Crippen molar-refractivity contribution in [3.05, 3.63) is 29.2 Å². The molecule has 2 aromatic heterocycles. The highest BCUT2D eigenvalue weighted by atomic mass is 32.1. The first-order valence-electron chi connectivity index (χ1n) is 8.85. The molecule has 6 rings (SSSR count). The highest BCUT2D eigenvalue weighted by Gasteiger charge is 2.59. The second-order valence-corrected chi connectivity index (χ2v) is 9.17. The summed E-state index contributed by atoms with van der Waals surface area (Å²) in [6.45, 7) is 2.36. The SMILES string of the molecule is C[C@@H](n1ccnc1-c1ccsc1)C12C[C@H]3C[C@@H](CC(O)(C3)C1)C2. The maximum absolute atomic E-state index is 11.0. The number of nitrogens with zero attached hydrogens (tertiary/aromatic N) is 2. The topological polar surface area (TPSA) is 38.0 Å². The molecule has 4 bridgehead atoms. The standard InChI is InChI=1S/C19H24N2OS/c1-13(21-4-3-20-17(21)16-2-5-23-11-16)18-7-14-6-15(8-18)10-19(22,9-14)12-18/h2-5,11,13-15,22H,6-10,12H2,1H3/t13-,14-,15-,18?,19?/m1/s1. The third-order valence-corrected chi connectivity index (χ3v) is 7.51. The zero-order chi connectivity index (χ0) is 15.7. The fourth-order valence-corrected chi connectivity index (χ4v) is 6.94. The molecule has 2 heterocycles. The van der Waals surface area contributed by atoms with Crippen molar-refractivity contribution < 1.29 is 5.11 Å². The highest BCUT2D eigenvalue weighted by Crippen LogP contribution is 2.65. The summed E-state index contributed by atoms with van der Waals surface area (Å²) < 4.78 is 2.37. The normalized spacial score (nSPS) is 39.7. The van der Waals surface area contributed by atoms with Crippen LogP contribution in [0.1, 0.15) is 51.5 Å². The number of aliphatic hydroxyl groups is 1. The van der Waals surface area contributed by atoms with Gasteiger partial charge in [0.1, 0.15) is 5.82 Å². The lowest BCUT2D eigenvalue weighted by Gasteiger charge is -2.62. The van der Waals surface area contributed by atoms with Gasteiger partial charge in [-0.25, -0.2) is 4.98 Å². The smallest absolute Gasteiger partial charge is 0.140 e. The van der Waals surface area contributed by atoms with Crippen LogP contribution in [0.4, 0.5) is 0 Å². The van der Waals surface area contributed by atoms with Gasteiger partial charge in [0.05, 0.1) is 5.60 Å². The molecule has 0 spiro atoms. The number of rotatable bonds is 3. The molecule has 0 amide bonds. The molecule has 3 nitrogen and oxygen atoms in total. The molecule has 23 heavy (non-hydrogen) atoms. The van der Waals surface area contributed by atoms with Gasteiger partial charge in [0.25, 0.3) is 0 Å². The Morgan fingerprint density at radius 3 is 2.74 bits per heavy atom. The summed E-state index contributed by atoms with van der Waals surface area (Å²) in [5.41, 5.74) is 1.08.